The molecular formula is C44H32P2S. The zero-order valence-corrected chi connectivity index (χ0v) is 28.4. The van der Waals surface area contributed by atoms with Crippen molar-refractivity contribution >= 4 is 81.0 Å². The molecule has 8 aromatic carbocycles. The predicted octanol–water partition coefficient (Wildman–Crippen LogP) is 9.66. The van der Waals surface area contributed by atoms with E-state index in [0.29, 0.717) is 0 Å². The number of benzene rings is 8. The maximum atomic E-state index is 2.40. The molecule has 0 fully saturated rings. The van der Waals surface area contributed by atoms with Crippen LogP contribution >= 0.6 is 27.6 Å². The third-order valence-corrected chi connectivity index (χ3v) is 15.0. The van der Waals surface area contributed by atoms with Gasteiger partial charge in [0.2, 0.25) is 0 Å². The predicted molar refractivity (Wildman–Crippen MR) is 209 cm³/mol. The molecule has 8 aromatic rings. The van der Waals surface area contributed by atoms with Gasteiger partial charge in [0.1, 0.15) is 0 Å². The Morgan fingerprint density at radius 1 is 0.277 bits per heavy atom. The van der Waals surface area contributed by atoms with Crippen LogP contribution in [0.2, 0.25) is 0 Å². The van der Waals surface area contributed by atoms with Crippen LogP contribution in [0.4, 0.5) is 0 Å². The summed E-state index contributed by atoms with van der Waals surface area (Å²) in [5.41, 5.74) is 0. The van der Waals surface area contributed by atoms with Crippen molar-refractivity contribution in [2.75, 3.05) is 0 Å². The number of hydrogen-bond donors (Lipinski definition) is 0. The zero-order chi connectivity index (χ0) is 31.4. The van der Waals surface area contributed by atoms with Crippen molar-refractivity contribution in [2.24, 2.45) is 0 Å². The lowest BCUT2D eigenvalue weighted by molar-refractivity contribution is 1.55. The van der Waals surface area contributed by atoms with Gasteiger partial charge in [-0.15, -0.1) is 0 Å². The molecule has 0 aliphatic carbocycles. The summed E-state index contributed by atoms with van der Waals surface area (Å²) in [6, 6.07) is 71.6. The van der Waals surface area contributed by atoms with Gasteiger partial charge in [0, 0.05) is 9.79 Å². The first-order valence-corrected chi connectivity index (χ1v) is 19.4. The minimum atomic E-state index is -0.808. The molecule has 0 spiro atoms. The van der Waals surface area contributed by atoms with E-state index in [1.807, 2.05) is 11.8 Å². The maximum Gasteiger partial charge on any atom is 0.0284 e. The molecule has 0 saturated heterocycles. The fourth-order valence-corrected chi connectivity index (χ4v) is 12.9. The van der Waals surface area contributed by atoms with E-state index in [2.05, 4.69) is 194 Å². The van der Waals surface area contributed by atoms with Crippen molar-refractivity contribution < 1.29 is 0 Å². The van der Waals surface area contributed by atoms with E-state index in [1.165, 1.54) is 63.2 Å². The SMILES string of the molecule is c1ccc(P(c2ccccc2)c2ccc3ccccc3c2Sc2c(P(c3ccccc3)c3ccccc3)ccc3ccccc23)cc1. The van der Waals surface area contributed by atoms with Crippen molar-refractivity contribution in [2.45, 2.75) is 9.79 Å². The average Bonchev–Trinajstić information content (AvgIpc) is 3.15. The summed E-state index contributed by atoms with van der Waals surface area (Å²) in [4.78, 5) is 2.69. The molecule has 0 aromatic heterocycles. The van der Waals surface area contributed by atoms with Gasteiger partial charge in [0.15, 0.2) is 0 Å². The highest BCUT2D eigenvalue weighted by atomic mass is 32.2. The summed E-state index contributed by atoms with van der Waals surface area (Å²) in [5, 5.41) is 13.4. The molecule has 0 aliphatic heterocycles. The van der Waals surface area contributed by atoms with Gasteiger partial charge in [-0.1, -0.05) is 206 Å². The maximum absolute atomic E-state index is 2.40. The van der Waals surface area contributed by atoms with Gasteiger partial charge < -0.3 is 0 Å². The standard InChI is InChI=1S/C44H32P2S/c1-5-19-35(20-6-1)45(36-21-7-2-8-22-36)41-31-29-33-17-13-15-27-39(33)43(41)47-44-40-28-16-14-18-34(40)30-32-42(44)46(37-23-9-3-10-24-37)38-25-11-4-12-26-38/h1-32H. The third kappa shape index (κ3) is 6.04. The number of rotatable bonds is 8. The van der Waals surface area contributed by atoms with Crippen LogP contribution in [0.1, 0.15) is 0 Å². The van der Waals surface area contributed by atoms with Gasteiger partial charge in [-0.2, -0.15) is 0 Å². The molecule has 8 rings (SSSR count). The Bertz CT molecular complexity index is 2030. The Hall–Kier alpha value is -4.51. The Balaban J connectivity index is 1.41. The highest BCUT2D eigenvalue weighted by Crippen LogP contribution is 2.46. The molecule has 47 heavy (non-hydrogen) atoms. The van der Waals surface area contributed by atoms with Gasteiger partial charge >= 0.3 is 0 Å². The van der Waals surface area contributed by atoms with E-state index in [1.54, 1.807) is 0 Å². The van der Waals surface area contributed by atoms with Gasteiger partial charge in [-0.25, -0.2) is 0 Å². The lowest BCUT2D eigenvalue weighted by atomic mass is 10.1. The summed E-state index contributed by atoms with van der Waals surface area (Å²) in [5.74, 6) is 0. The third-order valence-electron chi connectivity index (χ3n) is 8.46. The zero-order valence-electron chi connectivity index (χ0n) is 25.8. The molecule has 0 nitrogen and oxygen atoms in total. The lowest BCUT2D eigenvalue weighted by Crippen LogP contribution is -2.23. The van der Waals surface area contributed by atoms with Crippen LogP contribution in [0.5, 0.6) is 0 Å². The van der Waals surface area contributed by atoms with Crippen molar-refractivity contribution in [3.05, 3.63) is 194 Å². The van der Waals surface area contributed by atoms with Gasteiger partial charge in [0.05, 0.1) is 0 Å². The lowest BCUT2D eigenvalue weighted by Gasteiger charge is -2.26. The Morgan fingerprint density at radius 2 is 0.574 bits per heavy atom. The molecule has 0 atom stereocenters. The van der Waals surface area contributed by atoms with Crippen LogP contribution in [-0.4, -0.2) is 0 Å². The molecule has 224 valence electrons. The molecule has 0 unspecified atom stereocenters. The minimum absolute atomic E-state index is 0.808. The smallest absolute Gasteiger partial charge is 0.0284 e. The number of fused-ring (bicyclic) bond motifs is 2. The summed E-state index contributed by atoms with van der Waals surface area (Å²) < 4.78 is 0. The monoisotopic (exact) mass is 654 g/mol. The van der Waals surface area contributed by atoms with Crippen molar-refractivity contribution in [1.29, 1.82) is 0 Å². The number of hydrogen-bond acceptors (Lipinski definition) is 1. The molecule has 0 heterocycles. The molecule has 0 radical (unpaired) electrons. The second-order valence-electron chi connectivity index (χ2n) is 11.4. The first-order valence-electron chi connectivity index (χ1n) is 15.9. The molecular weight excluding hydrogens is 622 g/mol. The first kappa shape index (κ1) is 29.9. The van der Waals surface area contributed by atoms with E-state index in [4.69, 9.17) is 0 Å². The van der Waals surface area contributed by atoms with E-state index < -0.39 is 15.8 Å². The van der Waals surface area contributed by atoms with Gasteiger partial charge in [0.25, 0.3) is 0 Å². The van der Waals surface area contributed by atoms with Crippen molar-refractivity contribution in [1.82, 2.24) is 0 Å². The fourth-order valence-electron chi connectivity index (χ4n) is 6.29. The van der Waals surface area contributed by atoms with Crippen molar-refractivity contribution in [3.63, 3.8) is 0 Å². The molecule has 0 amide bonds. The highest BCUT2D eigenvalue weighted by Gasteiger charge is 2.26. The normalized spacial score (nSPS) is 11.4. The summed E-state index contributed by atoms with van der Waals surface area (Å²) >= 11 is 1.97. The average molecular weight is 655 g/mol. The molecule has 0 saturated carbocycles. The van der Waals surface area contributed by atoms with Crippen LogP contribution in [0, 0.1) is 0 Å². The largest absolute Gasteiger partial charge is 0.0874 e. The van der Waals surface area contributed by atoms with E-state index in [0.717, 1.165) is 0 Å². The van der Waals surface area contributed by atoms with E-state index in [9.17, 15) is 0 Å². The second-order valence-corrected chi connectivity index (χ2v) is 16.8. The van der Waals surface area contributed by atoms with Crippen molar-refractivity contribution in [3.8, 4) is 0 Å². The Labute approximate surface area is 283 Å². The Morgan fingerprint density at radius 3 is 0.915 bits per heavy atom. The molecule has 0 N–H and O–H groups in total. The van der Waals surface area contributed by atoms with Gasteiger partial charge in [-0.05, 0) is 69.2 Å². The fraction of sp³-hybridized carbons (Fsp3) is 0. The topological polar surface area (TPSA) is 0 Å². The molecule has 3 heteroatoms. The van der Waals surface area contributed by atoms with Crippen LogP contribution in [-0.2, 0) is 0 Å². The minimum Gasteiger partial charge on any atom is -0.0874 e. The molecule has 0 aliphatic rings. The second kappa shape index (κ2) is 13.7. The summed E-state index contributed by atoms with van der Waals surface area (Å²) in [6.45, 7) is 0. The van der Waals surface area contributed by atoms with E-state index >= 15 is 0 Å². The quantitative estimate of drug-likeness (QED) is 0.147. The summed E-state index contributed by atoms with van der Waals surface area (Å²) in [6.07, 6.45) is 0. The summed E-state index contributed by atoms with van der Waals surface area (Å²) in [7, 11) is -1.62. The molecule has 0 bridgehead atoms. The van der Waals surface area contributed by atoms with E-state index in [-0.39, 0.29) is 0 Å². The van der Waals surface area contributed by atoms with Crippen LogP contribution in [0.15, 0.2) is 204 Å². The Kier molecular flexibility index (Phi) is 8.70. The van der Waals surface area contributed by atoms with Crippen LogP contribution in [0.3, 0.4) is 0 Å². The van der Waals surface area contributed by atoms with Crippen LogP contribution in [0.25, 0.3) is 21.5 Å². The van der Waals surface area contributed by atoms with Gasteiger partial charge in [-0.3, -0.25) is 0 Å². The first-order chi connectivity index (χ1) is 23.3. The highest BCUT2D eigenvalue weighted by molar-refractivity contribution is 8.01. The van der Waals surface area contributed by atoms with Crippen LogP contribution < -0.4 is 31.8 Å².